The summed E-state index contributed by atoms with van der Waals surface area (Å²) in [6.07, 6.45) is 1.67. The molecule has 2 aliphatic rings. The van der Waals surface area contributed by atoms with Crippen molar-refractivity contribution in [1.82, 2.24) is 4.90 Å². The third-order valence-electron chi connectivity index (χ3n) is 7.38. The highest BCUT2D eigenvalue weighted by Crippen LogP contribution is 2.39. The number of carbonyl (C=O) groups excluding carboxylic acids is 2. The lowest BCUT2D eigenvalue weighted by atomic mass is 10.0. The minimum Gasteiger partial charge on any atom is -0.446 e. The third kappa shape index (κ3) is 6.37. The standard InChI is InChI=1S/C30H33N3O4/c34-20-21-10-12-25(13-11-21)31-29(35)14-15-33-18-23-16-26(17-24(23)19-33)37-30(36)32-28-9-5-4-8-27(28)22-6-2-1-3-7-22/h1-13,23-24,26,34H,14-20H2,(H,31,35)(H,32,36)/t23-,24?,26?/m0/s1. The molecule has 0 spiro atoms. The topological polar surface area (TPSA) is 90.9 Å². The van der Waals surface area contributed by atoms with Crippen LogP contribution < -0.4 is 10.6 Å². The van der Waals surface area contributed by atoms with E-state index in [-0.39, 0.29) is 18.6 Å². The molecule has 7 nitrogen and oxygen atoms in total. The monoisotopic (exact) mass is 499 g/mol. The van der Waals surface area contributed by atoms with Gasteiger partial charge in [-0.25, -0.2) is 4.79 Å². The number of nitrogens with one attached hydrogen (secondary N) is 2. The number of aliphatic hydroxyl groups excluding tert-OH is 1. The van der Waals surface area contributed by atoms with Crippen LogP contribution in [0.1, 0.15) is 24.8 Å². The molecule has 1 heterocycles. The molecule has 3 atom stereocenters. The van der Waals surface area contributed by atoms with E-state index in [4.69, 9.17) is 9.84 Å². The van der Waals surface area contributed by atoms with Crippen molar-refractivity contribution in [2.75, 3.05) is 30.3 Å². The van der Waals surface area contributed by atoms with Gasteiger partial charge in [0.25, 0.3) is 0 Å². The van der Waals surface area contributed by atoms with Crippen LogP contribution in [0.2, 0.25) is 0 Å². The third-order valence-corrected chi connectivity index (χ3v) is 7.38. The lowest BCUT2D eigenvalue weighted by Gasteiger charge is -2.19. The smallest absolute Gasteiger partial charge is 0.411 e. The highest BCUT2D eigenvalue weighted by Gasteiger charge is 2.42. The van der Waals surface area contributed by atoms with Crippen molar-refractivity contribution in [2.24, 2.45) is 11.8 Å². The molecule has 192 valence electrons. The molecule has 7 heteroatoms. The van der Waals surface area contributed by atoms with E-state index in [0.29, 0.717) is 18.3 Å². The van der Waals surface area contributed by atoms with Crippen molar-refractivity contribution < 1.29 is 19.4 Å². The molecule has 0 aromatic heterocycles. The van der Waals surface area contributed by atoms with Gasteiger partial charge in [0.2, 0.25) is 5.91 Å². The van der Waals surface area contributed by atoms with E-state index in [1.165, 1.54) is 0 Å². The Kier molecular flexibility index (Phi) is 7.82. The lowest BCUT2D eigenvalue weighted by molar-refractivity contribution is -0.116. The van der Waals surface area contributed by atoms with Crippen LogP contribution in [0.15, 0.2) is 78.9 Å². The fourth-order valence-corrected chi connectivity index (χ4v) is 5.55. The largest absolute Gasteiger partial charge is 0.446 e. The number of aliphatic hydroxyl groups is 1. The number of rotatable bonds is 8. The number of anilines is 2. The average molecular weight is 500 g/mol. The Balaban J connectivity index is 1.05. The molecule has 37 heavy (non-hydrogen) atoms. The summed E-state index contributed by atoms with van der Waals surface area (Å²) in [5, 5.41) is 15.0. The highest BCUT2D eigenvalue weighted by atomic mass is 16.6. The quantitative estimate of drug-likeness (QED) is 0.400. The number of likely N-dealkylation sites (tertiary alicyclic amines) is 1. The van der Waals surface area contributed by atoms with Crippen LogP contribution in [-0.4, -0.2) is 47.7 Å². The number of amides is 2. The predicted octanol–water partition coefficient (Wildman–Crippen LogP) is 5.13. The Hall–Kier alpha value is -3.68. The summed E-state index contributed by atoms with van der Waals surface area (Å²) in [7, 11) is 0. The SMILES string of the molecule is O=C(CCN1CC2CC(OC(=O)Nc3ccccc3-c3ccccc3)C[C@H]2C1)Nc1ccc(CO)cc1. The molecular weight excluding hydrogens is 466 g/mol. The van der Waals surface area contributed by atoms with Crippen LogP contribution in [0.3, 0.4) is 0 Å². The number of hydrogen-bond donors (Lipinski definition) is 3. The van der Waals surface area contributed by atoms with Crippen LogP contribution in [0.25, 0.3) is 11.1 Å². The number of para-hydroxylation sites is 1. The molecule has 3 aromatic carbocycles. The van der Waals surface area contributed by atoms with Crippen LogP contribution in [0.4, 0.5) is 16.2 Å². The van der Waals surface area contributed by atoms with Gasteiger partial charge in [-0.3, -0.25) is 10.1 Å². The summed E-state index contributed by atoms with van der Waals surface area (Å²) in [6.45, 7) is 2.57. The molecule has 1 aliphatic carbocycles. The molecule has 0 radical (unpaired) electrons. The van der Waals surface area contributed by atoms with E-state index in [1.54, 1.807) is 24.3 Å². The summed E-state index contributed by atoms with van der Waals surface area (Å²) in [6, 6.07) is 25.0. The van der Waals surface area contributed by atoms with E-state index in [2.05, 4.69) is 15.5 Å². The maximum absolute atomic E-state index is 12.7. The Bertz CT molecular complexity index is 1200. The first-order chi connectivity index (χ1) is 18.1. The van der Waals surface area contributed by atoms with Gasteiger partial charge in [0.15, 0.2) is 0 Å². The normalized spacial score (nSPS) is 20.8. The van der Waals surface area contributed by atoms with Gasteiger partial charge in [0.1, 0.15) is 6.10 Å². The first-order valence-corrected chi connectivity index (χ1v) is 12.9. The lowest BCUT2D eigenvalue weighted by Crippen LogP contribution is -2.28. The van der Waals surface area contributed by atoms with Crippen molar-refractivity contribution in [2.45, 2.75) is 32.0 Å². The zero-order valence-corrected chi connectivity index (χ0v) is 20.8. The van der Waals surface area contributed by atoms with E-state index in [0.717, 1.165) is 60.5 Å². The molecule has 1 saturated heterocycles. The summed E-state index contributed by atoms with van der Waals surface area (Å²) in [4.78, 5) is 27.4. The van der Waals surface area contributed by atoms with Crippen molar-refractivity contribution in [1.29, 1.82) is 0 Å². The fourth-order valence-electron chi connectivity index (χ4n) is 5.55. The van der Waals surface area contributed by atoms with Crippen LogP contribution in [0.5, 0.6) is 0 Å². The maximum Gasteiger partial charge on any atom is 0.411 e. The minimum absolute atomic E-state index is 0.00962. The molecule has 3 aromatic rings. The number of fused-ring (bicyclic) bond motifs is 1. The Morgan fingerprint density at radius 3 is 2.24 bits per heavy atom. The van der Waals surface area contributed by atoms with E-state index < -0.39 is 6.09 Å². The summed E-state index contributed by atoms with van der Waals surface area (Å²) >= 11 is 0. The summed E-state index contributed by atoms with van der Waals surface area (Å²) in [5.41, 5.74) is 4.31. The van der Waals surface area contributed by atoms with E-state index in [1.807, 2.05) is 54.6 Å². The first kappa shape index (κ1) is 25.0. The fraction of sp³-hybridized carbons (Fsp3) is 0.333. The second-order valence-corrected chi connectivity index (χ2v) is 9.97. The molecule has 3 N–H and O–H groups in total. The Morgan fingerprint density at radius 2 is 1.54 bits per heavy atom. The molecule has 5 rings (SSSR count). The zero-order valence-electron chi connectivity index (χ0n) is 20.8. The Labute approximate surface area is 217 Å². The van der Waals surface area contributed by atoms with Gasteiger partial charge in [-0.05, 0) is 54.0 Å². The highest BCUT2D eigenvalue weighted by molar-refractivity contribution is 5.92. The average Bonchev–Trinajstić information content (AvgIpc) is 3.47. The number of hydrogen-bond acceptors (Lipinski definition) is 5. The summed E-state index contributed by atoms with van der Waals surface area (Å²) in [5.74, 6) is 0.967. The number of carbonyl (C=O) groups is 2. The Morgan fingerprint density at radius 1 is 0.865 bits per heavy atom. The second-order valence-electron chi connectivity index (χ2n) is 9.97. The van der Waals surface area contributed by atoms with Crippen LogP contribution in [-0.2, 0) is 16.1 Å². The number of benzene rings is 3. The zero-order chi connectivity index (χ0) is 25.6. The number of ether oxygens (including phenoxy) is 1. The molecule has 2 unspecified atom stereocenters. The van der Waals surface area contributed by atoms with Crippen LogP contribution in [0, 0.1) is 11.8 Å². The van der Waals surface area contributed by atoms with Gasteiger partial charge >= 0.3 is 6.09 Å². The number of nitrogens with zero attached hydrogens (tertiary/aromatic N) is 1. The van der Waals surface area contributed by atoms with E-state index in [9.17, 15) is 9.59 Å². The molecule has 1 saturated carbocycles. The molecule has 2 amide bonds. The first-order valence-electron chi connectivity index (χ1n) is 12.9. The molecule has 1 aliphatic heterocycles. The minimum atomic E-state index is -0.408. The predicted molar refractivity (Wildman–Crippen MR) is 144 cm³/mol. The molecule has 0 bridgehead atoms. The van der Waals surface area contributed by atoms with Crippen molar-refractivity contribution in [3.8, 4) is 11.1 Å². The van der Waals surface area contributed by atoms with Gasteiger partial charge < -0.3 is 20.1 Å². The van der Waals surface area contributed by atoms with E-state index >= 15 is 0 Å². The van der Waals surface area contributed by atoms with Crippen LogP contribution >= 0.6 is 0 Å². The van der Waals surface area contributed by atoms with Crippen molar-refractivity contribution in [3.05, 3.63) is 84.4 Å². The van der Waals surface area contributed by atoms with Gasteiger partial charge in [0.05, 0.1) is 12.3 Å². The summed E-state index contributed by atoms with van der Waals surface area (Å²) < 4.78 is 5.81. The van der Waals surface area contributed by atoms with Crippen molar-refractivity contribution >= 4 is 23.4 Å². The molecule has 2 fully saturated rings. The maximum atomic E-state index is 12.7. The second kappa shape index (κ2) is 11.6. The van der Waals surface area contributed by atoms with Gasteiger partial charge in [-0.2, -0.15) is 0 Å². The van der Waals surface area contributed by atoms with Crippen molar-refractivity contribution in [3.63, 3.8) is 0 Å². The molecular formula is C30H33N3O4. The van der Waals surface area contributed by atoms with Gasteiger partial charge in [-0.15, -0.1) is 0 Å². The van der Waals surface area contributed by atoms with Gasteiger partial charge in [0, 0.05) is 37.3 Å². The van der Waals surface area contributed by atoms with Gasteiger partial charge in [-0.1, -0.05) is 60.7 Å².